The predicted octanol–water partition coefficient (Wildman–Crippen LogP) is 1.24. The highest BCUT2D eigenvalue weighted by Gasteiger charge is 2.11. The fraction of sp³-hybridized carbons (Fsp3) is 0.125. The first kappa shape index (κ1) is 8.67. The Labute approximate surface area is 70.2 Å². The number of nitrogens with zero attached hydrogens (tertiary/aromatic N) is 1. The molecule has 0 aromatic heterocycles. The van der Waals surface area contributed by atoms with E-state index in [0.29, 0.717) is 11.1 Å². The molecule has 4 nitrogen and oxygen atoms in total. The lowest BCUT2D eigenvalue weighted by Crippen LogP contribution is -2.01. The first-order valence-electron chi connectivity index (χ1n) is 3.44. The third kappa shape index (κ3) is 1.60. The summed E-state index contributed by atoms with van der Waals surface area (Å²) in [6.45, 7) is 3.77. The van der Waals surface area contributed by atoms with Gasteiger partial charge in [-0.2, -0.15) is 0 Å². The third-order valence-electron chi connectivity index (χ3n) is 1.57. The van der Waals surface area contributed by atoms with Crippen molar-refractivity contribution in [2.45, 2.75) is 6.54 Å². The van der Waals surface area contributed by atoms with Crippen molar-refractivity contribution in [2.75, 3.05) is 0 Å². The van der Waals surface area contributed by atoms with Crippen LogP contribution in [-0.2, 0) is 6.54 Å². The van der Waals surface area contributed by atoms with E-state index >= 15 is 0 Å². The molecule has 0 aliphatic heterocycles. The molecule has 0 aliphatic carbocycles. The number of benzene rings is 1. The highest BCUT2D eigenvalue weighted by atomic mass is 16.6. The topological polar surface area (TPSA) is 69.2 Å². The van der Waals surface area contributed by atoms with Crippen molar-refractivity contribution in [3.63, 3.8) is 0 Å². The minimum absolute atomic E-state index is 0.0463. The molecule has 0 amide bonds. The molecule has 1 aromatic rings. The Morgan fingerprint density at radius 3 is 2.75 bits per heavy atom. The molecular weight excluding hydrogens is 156 g/mol. The summed E-state index contributed by atoms with van der Waals surface area (Å²) in [6.07, 6.45) is 0. The molecule has 4 heteroatoms. The van der Waals surface area contributed by atoms with E-state index in [0.717, 1.165) is 0 Å². The lowest BCUT2D eigenvalue weighted by molar-refractivity contribution is -0.385. The van der Waals surface area contributed by atoms with E-state index in [2.05, 4.69) is 6.92 Å². The molecule has 1 rings (SSSR count). The normalized spacial score (nSPS) is 9.83. The monoisotopic (exact) mass is 165 g/mol. The van der Waals surface area contributed by atoms with Gasteiger partial charge in [0.15, 0.2) is 0 Å². The zero-order valence-electron chi connectivity index (χ0n) is 6.49. The summed E-state index contributed by atoms with van der Waals surface area (Å²) in [5.74, 6) is 0. The van der Waals surface area contributed by atoms with Gasteiger partial charge in [0.2, 0.25) is 0 Å². The minimum atomic E-state index is -0.448. The summed E-state index contributed by atoms with van der Waals surface area (Å²) < 4.78 is 0. The van der Waals surface area contributed by atoms with Gasteiger partial charge in [0, 0.05) is 18.2 Å². The number of hydrogen-bond donors (Lipinski definition) is 1. The zero-order chi connectivity index (χ0) is 9.14. The lowest BCUT2D eigenvalue weighted by Gasteiger charge is -1.99. The van der Waals surface area contributed by atoms with Crippen LogP contribution in [-0.4, -0.2) is 4.92 Å². The van der Waals surface area contributed by atoms with Crippen LogP contribution in [0.4, 0.5) is 5.69 Å². The minimum Gasteiger partial charge on any atom is -0.326 e. The van der Waals surface area contributed by atoms with Gasteiger partial charge in [0.25, 0.3) is 5.69 Å². The number of nitro groups is 1. The lowest BCUT2D eigenvalue weighted by atomic mass is 10.1. The number of nitro benzene ring substituents is 1. The standard InChI is InChI=1S/C8H9N2O2/c1-6-2-3-7(5-9)8(4-6)10(11)12/h2-4H,1,5,9H2. The van der Waals surface area contributed by atoms with Crippen molar-refractivity contribution in [2.24, 2.45) is 5.73 Å². The quantitative estimate of drug-likeness (QED) is 0.529. The van der Waals surface area contributed by atoms with E-state index in [1.165, 1.54) is 6.07 Å². The molecule has 0 unspecified atom stereocenters. The van der Waals surface area contributed by atoms with Crippen molar-refractivity contribution in [1.82, 2.24) is 0 Å². The van der Waals surface area contributed by atoms with E-state index in [9.17, 15) is 10.1 Å². The van der Waals surface area contributed by atoms with Crippen LogP contribution in [0.3, 0.4) is 0 Å². The maximum absolute atomic E-state index is 10.5. The van der Waals surface area contributed by atoms with Gasteiger partial charge in [-0.1, -0.05) is 12.1 Å². The predicted molar refractivity (Wildman–Crippen MR) is 45.4 cm³/mol. The average molecular weight is 165 g/mol. The molecular formula is C8H9N2O2. The van der Waals surface area contributed by atoms with Crippen molar-refractivity contribution < 1.29 is 4.92 Å². The van der Waals surface area contributed by atoms with Crippen LogP contribution in [0.1, 0.15) is 11.1 Å². The van der Waals surface area contributed by atoms with E-state index in [4.69, 9.17) is 5.73 Å². The Morgan fingerprint density at radius 2 is 2.25 bits per heavy atom. The maximum Gasteiger partial charge on any atom is 0.274 e. The highest BCUT2D eigenvalue weighted by molar-refractivity contribution is 5.43. The Bertz CT molecular complexity index is 310. The van der Waals surface area contributed by atoms with Crippen LogP contribution < -0.4 is 5.73 Å². The molecule has 0 aliphatic rings. The van der Waals surface area contributed by atoms with Gasteiger partial charge in [0.05, 0.1) is 4.92 Å². The Balaban J connectivity index is 3.21. The molecule has 0 saturated carbocycles. The molecule has 1 aromatic carbocycles. The molecule has 12 heavy (non-hydrogen) atoms. The second-order valence-electron chi connectivity index (χ2n) is 2.42. The van der Waals surface area contributed by atoms with E-state index in [1.54, 1.807) is 12.1 Å². The summed E-state index contributed by atoms with van der Waals surface area (Å²) >= 11 is 0. The summed E-state index contributed by atoms with van der Waals surface area (Å²) in [5.41, 5.74) is 6.52. The van der Waals surface area contributed by atoms with E-state index in [1.807, 2.05) is 0 Å². The average Bonchev–Trinajstić information content (AvgIpc) is 2.04. The molecule has 0 bridgehead atoms. The molecule has 0 fully saturated rings. The number of rotatable bonds is 2. The molecule has 0 atom stereocenters. The molecule has 2 N–H and O–H groups in total. The van der Waals surface area contributed by atoms with Crippen LogP contribution in [0, 0.1) is 17.0 Å². The van der Waals surface area contributed by atoms with Crippen molar-refractivity contribution >= 4 is 5.69 Å². The van der Waals surface area contributed by atoms with E-state index < -0.39 is 4.92 Å². The molecule has 63 valence electrons. The maximum atomic E-state index is 10.5. The van der Waals surface area contributed by atoms with Crippen molar-refractivity contribution in [1.29, 1.82) is 0 Å². The Morgan fingerprint density at radius 1 is 1.58 bits per heavy atom. The molecule has 0 saturated heterocycles. The summed E-state index contributed by atoms with van der Waals surface area (Å²) in [5, 5.41) is 10.5. The van der Waals surface area contributed by atoms with E-state index in [-0.39, 0.29) is 12.2 Å². The Kier molecular flexibility index (Phi) is 2.40. The second-order valence-corrected chi connectivity index (χ2v) is 2.42. The van der Waals surface area contributed by atoms with Gasteiger partial charge in [-0.05, 0) is 12.5 Å². The number of hydrogen-bond acceptors (Lipinski definition) is 3. The van der Waals surface area contributed by atoms with Gasteiger partial charge in [-0.3, -0.25) is 10.1 Å². The second kappa shape index (κ2) is 3.32. The largest absolute Gasteiger partial charge is 0.326 e. The fourth-order valence-corrected chi connectivity index (χ4v) is 0.952. The summed E-state index contributed by atoms with van der Waals surface area (Å²) in [4.78, 5) is 10.0. The van der Waals surface area contributed by atoms with Gasteiger partial charge >= 0.3 is 0 Å². The van der Waals surface area contributed by atoms with Gasteiger partial charge in [-0.15, -0.1) is 0 Å². The molecule has 0 heterocycles. The Hall–Kier alpha value is -1.42. The van der Waals surface area contributed by atoms with Gasteiger partial charge in [-0.25, -0.2) is 0 Å². The fourth-order valence-electron chi connectivity index (χ4n) is 0.952. The van der Waals surface area contributed by atoms with Crippen LogP contribution in [0.25, 0.3) is 0 Å². The molecule has 1 radical (unpaired) electrons. The van der Waals surface area contributed by atoms with Crippen LogP contribution in [0.5, 0.6) is 0 Å². The SMILES string of the molecule is [CH2]c1ccc(CN)c([N+](=O)[O-])c1. The van der Waals surface area contributed by atoms with Gasteiger partial charge < -0.3 is 5.73 Å². The smallest absolute Gasteiger partial charge is 0.274 e. The van der Waals surface area contributed by atoms with Crippen LogP contribution in [0.2, 0.25) is 0 Å². The van der Waals surface area contributed by atoms with Crippen LogP contribution in [0.15, 0.2) is 18.2 Å². The van der Waals surface area contributed by atoms with Crippen LogP contribution >= 0.6 is 0 Å². The third-order valence-corrected chi connectivity index (χ3v) is 1.57. The zero-order valence-corrected chi connectivity index (χ0v) is 6.49. The summed E-state index contributed by atoms with van der Waals surface area (Å²) in [6, 6.07) is 4.75. The van der Waals surface area contributed by atoms with Crippen molar-refractivity contribution in [3.05, 3.63) is 46.4 Å². The summed E-state index contributed by atoms with van der Waals surface area (Å²) in [7, 11) is 0. The number of nitrogens with two attached hydrogens (primary N) is 1. The van der Waals surface area contributed by atoms with Crippen molar-refractivity contribution in [3.8, 4) is 0 Å². The highest BCUT2D eigenvalue weighted by Crippen LogP contribution is 2.18. The first-order chi connectivity index (χ1) is 5.65. The van der Waals surface area contributed by atoms with Gasteiger partial charge in [0.1, 0.15) is 0 Å². The first-order valence-corrected chi connectivity index (χ1v) is 3.44. The molecule has 0 spiro atoms.